The number of nitro groups is 1. The van der Waals surface area contributed by atoms with E-state index < -0.39 is 4.92 Å². The van der Waals surface area contributed by atoms with Crippen molar-refractivity contribution in [2.45, 2.75) is 20.1 Å². The number of benzene rings is 1. The van der Waals surface area contributed by atoms with Gasteiger partial charge >= 0.3 is 5.69 Å². The SMILES string of the molecule is CNCc1ccc(OCc2nonc2C)c([N+](=O)[O-])c1. The Labute approximate surface area is 114 Å². The number of nitrogens with one attached hydrogen (secondary N) is 1. The highest BCUT2D eigenvalue weighted by molar-refractivity contribution is 5.48. The molecule has 8 nitrogen and oxygen atoms in total. The molecule has 0 fully saturated rings. The van der Waals surface area contributed by atoms with Crippen LogP contribution in [0.2, 0.25) is 0 Å². The Morgan fingerprint density at radius 3 is 2.85 bits per heavy atom. The molecule has 2 rings (SSSR count). The molecular formula is C12H14N4O4. The monoisotopic (exact) mass is 278 g/mol. The summed E-state index contributed by atoms with van der Waals surface area (Å²) in [4.78, 5) is 10.6. The summed E-state index contributed by atoms with van der Waals surface area (Å²) in [5, 5.41) is 21.3. The molecule has 8 heteroatoms. The lowest BCUT2D eigenvalue weighted by atomic mass is 10.2. The first-order valence-corrected chi connectivity index (χ1v) is 5.94. The molecule has 2 aromatic rings. The van der Waals surface area contributed by atoms with Crippen molar-refractivity contribution in [3.8, 4) is 5.75 Å². The minimum atomic E-state index is -0.470. The van der Waals surface area contributed by atoms with Crippen molar-refractivity contribution in [1.29, 1.82) is 0 Å². The van der Waals surface area contributed by atoms with E-state index >= 15 is 0 Å². The number of aromatic nitrogens is 2. The second kappa shape index (κ2) is 6.11. The first kappa shape index (κ1) is 13.9. The molecule has 106 valence electrons. The van der Waals surface area contributed by atoms with Gasteiger partial charge in [-0.1, -0.05) is 16.4 Å². The summed E-state index contributed by atoms with van der Waals surface area (Å²) < 4.78 is 9.97. The van der Waals surface area contributed by atoms with Crippen molar-refractivity contribution in [2.75, 3.05) is 7.05 Å². The number of nitrogens with zero attached hydrogens (tertiary/aromatic N) is 3. The smallest absolute Gasteiger partial charge is 0.311 e. The molecule has 0 spiro atoms. The predicted molar refractivity (Wildman–Crippen MR) is 69.2 cm³/mol. The van der Waals surface area contributed by atoms with Crippen molar-refractivity contribution in [2.24, 2.45) is 0 Å². The first-order chi connectivity index (χ1) is 9.61. The highest BCUT2D eigenvalue weighted by atomic mass is 16.6. The van der Waals surface area contributed by atoms with E-state index in [1.165, 1.54) is 6.07 Å². The number of nitro benzene ring substituents is 1. The molecular weight excluding hydrogens is 264 g/mol. The van der Waals surface area contributed by atoms with Crippen molar-refractivity contribution in [3.63, 3.8) is 0 Å². The standard InChI is InChI=1S/C12H14N4O4/c1-8-10(15-20-14-8)7-19-12-4-3-9(6-13-2)5-11(12)16(17)18/h3-5,13H,6-7H2,1-2H3. The molecule has 0 aliphatic carbocycles. The van der Waals surface area contributed by atoms with Gasteiger partial charge in [-0.05, 0) is 25.6 Å². The lowest BCUT2D eigenvalue weighted by Gasteiger charge is -2.07. The number of ether oxygens (including phenoxy) is 1. The van der Waals surface area contributed by atoms with Gasteiger partial charge in [-0.3, -0.25) is 10.1 Å². The van der Waals surface area contributed by atoms with Crippen LogP contribution in [0.15, 0.2) is 22.8 Å². The van der Waals surface area contributed by atoms with Crippen LogP contribution in [-0.2, 0) is 13.2 Å². The fourth-order valence-electron chi connectivity index (χ4n) is 1.67. The predicted octanol–water partition coefficient (Wildman–Crippen LogP) is 1.58. The van der Waals surface area contributed by atoms with Gasteiger partial charge in [-0.25, -0.2) is 4.63 Å². The molecule has 0 saturated carbocycles. The summed E-state index contributed by atoms with van der Waals surface area (Å²) in [6.07, 6.45) is 0. The quantitative estimate of drug-likeness (QED) is 0.632. The van der Waals surface area contributed by atoms with Gasteiger partial charge in [0.05, 0.1) is 4.92 Å². The maximum absolute atomic E-state index is 11.1. The topological polar surface area (TPSA) is 103 Å². The normalized spacial score (nSPS) is 10.5. The second-order valence-corrected chi connectivity index (χ2v) is 4.17. The van der Waals surface area contributed by atoms with Crippen molar-refractivity contribution < 1.29 is 14.3 Å². The summed E-state index contributed by atoms with van der Waals surface area (Å²) >= 11 is 0. The van der Waals surface area contributed by atoms with Crippen LogP contribution in [0.5, 0.6) is 5.75 Å². The Balaban J connectivity index is 2.18. The second-order valence-electron chi connectivity index (χ2n) is 4.17. The molecule has 0 saturated heterocycles. The van der Waals surface area contributed by atoms with Gasteiger partial charge in [-0.15, -0.1) is 0 Å². The zero-order chi connectivity index (χ0) is 14.5. The van der Waals surface area contributed by atoms with E-state index in [4.69, 9.17) is 4.74 Å². The van der Waals surface area contributed by atoms with Crippen molar-refractivity contribution >= 4 is 5.69 Å². The van der Waals surface area contributed by atoms with Gasteiger partial charge in [0.15, 0.2) is 5.75 Å². The Bertz CT molecular complexity index is 611. The van der Waals surface area contributed by atoms with E-state index in [9.17, 15) is 10.1 Å². The Hall–Kier alpha value is -2.48. The molecule has 0 radical (unpaired) electrons. The van der Waals surface area contributed by atoms with E-state index in [0.29, 0.717) is 17.9 Å². The van der Waals surface area contributed by atoms with E-state index in [1.807, 2.05) is 0 Å². The maximum atomic E-state index is 11.1. The van der Waals surface area contributed by atoms with Crippen molar-refractivity contribution in [1.82, 2.24) is 15.6 Å². The van der Waals surface area contributed by atoms with Gasteiger partial charge in [0, 0.05) is 12.6 Å². The fourth-order valence-corrected chi connectivity index (χ4v) is 1.67. The van der Waals surface area contributed by atoms with Gasteiger partial charge in [0.1, 0.15) is 18.0 Å². The summed E-state index contributed by atoms with van der Waals surface area (Å²) in [6, 6.07) is 4.83. The first-order valence-electron chi connectivity index (χ1n) is 5.94. The molecule has 1 aromatic heterocycles. The largest absolute Gasteiger partial charge is 0.480 e. The van der Waals surface area contributed by atoms with E-state index in [-0.39, 0.29) is 18.0 Å². The third-order valence-corrected chi connectivity index (χ3v) is 2.71. The molecule has 0 aliphatic rings. The maximum Gasteiger partial charge on any atom is 0.311 e. The van der Waals surface area contributed by atoms with Crippen molar-refractivity contribution in [3.05, 3.63) is 45.3 Å². The molecule has 20 heavy (non-hydrogen) atoms. The van der Waals surface area contributed by atoms with Crippen LogP contribution in [-0.4, -0.2) is 22.3 Å². The van der Waals surface area contributed by atoms with E-state index in [2.05, 4.69) is 20.3 Å². The zero-order valence-electron chi connectivity index (χ0n) is 11.1. The fraction of sp³-hybridized carbons (Fsp3) is 0.333. The van der Waals surface area contributed by atoms with Crippen LogP contribution in [0.4, 0.5) is 5.69 Å². The van der Waals surface area contributed by atoms with Crippen LogP contribution in [0.25, 0.3) is 0 Å². The number of aryl methyl sites for hydroxylation is 1. The van der Waals surface area contributed by atoms with Crippen LogP contribution >= 0.6 is 0 Å². The highest BCUT2D eigenvalue weighted by Crippen LogP contribution is 2.28. The molecule has 0 amide bonds. The van der Waals surface area contributed by atoms with Crippen LogP contribution in [0, 0.1) is 17.0 Å². The van der Waals surface area contributed by atoms with Crippen LogP contribution in [0.1, 0.15) is 17.0 Å². The molecule has 0 atom stereocenters. The van der Waals surface area contributed by atoms with E-state index in [0.717, 1.165) is 5.56 Å². The average Bonchev–Trinajstić information content (AvgIpc) is 2.83. The third kappa shape index (κ3) is 3.09. The third-order valence-electron chi connectivity index (χ3n) is 2.71. The van der Waals surface area contributed by atoms with E-state index in [1.54, 1.807) is 26.1 Å². The molecule has 1 aromatic carbocycles. The Kier molecular flexibility index (Phi) is 4.26. The molecule has 0 unspecified atom stereocenters. The lowest BCUT2D eigenvalue weighted by Crippen LogP contribution is -2.06. The summed E-state index contributed by atoms with van der Waals surface area (Å²) in [7, 11) is 1.77. The molecule has 0 bridgehead atoms. The Morgan fingerprint density at radius 1 is 1.45 bits per heavy atom. The van der Waals surface area contributed by atoms with Gasteiger partial charge in [0.25, 0.3) is 0 Å². The summed E-state index contributed by atoms with van der Waals surface area (Å²) in [5.41, 5.74) is 1.84. The average molecular weight is 278 g/mol. The number of hydrogen-bond donors (Lipinski definition) is 1. The van der Waals surface area contributed by atoms with Gasteiger partial charge in [0.2, 0.25) is 0 Å². The minimum absolute atomic E-state index is 0.0710. The van der Waals surface area contributed by atoms with Crippen LogP contribution < -0.4 is 10.1 Å². The summed E-state index contributed by atoms with van der Waals surface area (Å²) in [6.45, 7) is 2.34. The highest BCUT2D eigenvalue weighted by Gasteiger charge is 2.17. The van der Waals surface area contributed by atoms with Crippen LogP contribution in [0.3, 0.4) is 0 Å². The van der Waals surface area contributed by atoms with Gasteiger partial charge in [-0.2, -0.15) is 0 Å². The Morgan fingerprint density at radius 2 is 2.25 bits per heavy atom. The van der Waals surface area contributed by atoms with Gasteiger partial charge < -0.3 is 10.1 Å². The summed E-state index contributed by atoms with van der Waals surface area (Å²) in [5.74, 6) is 0.192. The number of rotatable bonds is 6. The lowest BCUT2D eigenvalue weighted by molar-refractivity contribution is -0.386. The number of hydrogen-bond acceptors (Lipinski definition) is 7. The molecule has 0 aliphatic heterocycles. The zero-order valence-corrected chi connectivity index (χ0v) is 11.1. The molecule has 1 heterocycles. The molecule has 1 N–H and O–H groups in total. The minimum Gasteiger partial charge on any atom is -0.480 e.